The Labute approximate surface area is 139 Å². The lowest BCUT2D eigenvalue weighted by atomic mass is 10.1. The van der Waals surface area contributed by atoms with Crippen LogP contribution in [0.4, 0.5) is 0 Å². The van der Waals surface area contributed by atoms with Crippen molar-refractivity contribution in [3.05, 3.63) is 59.2 Å². The molecule has 0 aliphatic rings. The minimum Gasteiger partial charge on any atom is -0.497 e. The standard InChI is InChI=1S/C17H18N4OS/c1-12-7-8-15(9-13(12)2)21-17(18-19-20-21)23-11-14-5-4-6-16(10-14)22-3/h4-10H,11H2,1-3H3. The number of tetrazole rings is 1. The summed E-state index contributed by atoms with van der Waals surface area (Å²) in [7, 11) is 1.67. The van der Waals surface area contributed by atoms with Gasteiger partial charge in [0.25, 0.3) is 0 Å². The molecule has 3 rings (SSSR count). The van der Waals surface area contributed by atoms with Crippen molar-refractivity contribution in [3.8, 4) is 11.4 Å². The SMILES string of the molecule is COc1cccc(CSc2nnnn2-c2ccc(C)c(C)c2)c1. The molecule has 0 amide bonds. The Balaban J connectivity index is 1.79. The molecule has 3 aromatic rings. The molecule has 2 aromatic carbocycles. The minimum absolute atomic E-state index is 0.774. The van der Waals surface area contributed by atoms with E-state index in [0.717, 1.165) is 22.3 Å². The molecule has 0 saturated carbocycles. The molecule has 0 N–H and O–H groups in total. The van der Waals surface area contributed by atoms with Crippen molar-refractivity contribution in [1.29, 1.82) is 0 Å². The molecule has 23 heavy (non-hydrogen) atoms. The second-order valence-corrected chi connectivity index (χ2v) is 6.22. The van der Waals surface area contributed by atoms with Crippen LogP contribution >= 0.6 is 11.8 Å². The summed E-state index contributed by atoms with van der Waals surface area (Å²) in [4.78, 5) is 0. The number of aryl methyl sites for hydroxylation is 2. The maximum atomic E-state index is 5.25. The van der Waals surface area contributed by atoms with Crippen LogP contribution in [-0.4, -0.2) is 27.3 Å². The molecule has 0 fully saturated rings. The molecule has 1 aromatic heterocycles. The van der Waals surface area contributed by atoms with Crippen molar-refractivity contribution in [2.45, 2.75) is 24.8 Å². The van der Waals surface area contributed by atoms with Crippen LogP contribution in [0.5, 0.6) is 5.75 Å². The molecule has 1 heterocycles. The van der Waals surface area contributed by atoms with Gasteiger partial charge in [-0.2, -0.15) is 4.68 Å². The predicted molar refractivity (Wildman–Crippen MR) is 91.2 cm³/mol. The Morgan fingerprint density at radius 2 is 1.96 bits per heavy atom. The average molecular weight is 326 g/mol. The average Bonchev–Trinajstić information content (AvgIpc) is 3.04. The predicted octanol–water partition coefficient (Wildman–Crippen LogP) is 3.58. The van der Waals surface area contributed by atoms with E-state index < -0.39 is 0 Å². The smallest absolute Gasteiger partial charge is 0.214 e. The largest absolute Gasteiger partial charge is 0.497 e. The Hall–Kier alpha value is -2.34. The third kappa shape index (κ3) is 3.53. The van der Waals surface area contributed by atoms with Gasteiger partial charge in [0.05, 0.1) is 12.8 Å². The zero-order valence-electron chi connectivity index (χ0n) is 13.4. The Kier molecular flexibility index (Phi) is 4.62. The van der Waals surface area contributed by atoms with E-state index in [1.807, 2.05) is 24.3 Å². The summed E-state index contributed by atoms with van der Waals surface area (Å²) in [6.07, 6.45) is 0. The fraction of sp³-hybridized carbons (Fsp3) is 0.235. The highest BCUT2D eigenvalue weighted by Crippen LogP contribution is 2.25. The van der Waals surface area contributed by atoms with Crippen LogP contribution in [0, 0.1) is 13.8 Å². The Bertz CT molecular complexity index is 816. The van der Waals surface area contributed by atoms with Crippen LogP contribution in [-0.2, 0) is 5.75 Å². The first-order valence-electron chi connectivity index (χ1n) is 7.29. The van der Waals surface area contributed by atoms with E-state index in [4.69, 9.17) is 4.74 Å². The lowest BCUT2D eigenvalue weighted by molar-refractivity contribution is 0.414. The van der Waals surface area contributed by atoms with Crippen molar-refractivity contribution in [1.82, 2.24) is 20.2 Å². The van der Waals surface area contributed by atoms with Crippen LogP contribution in [0.25, 0.3) is 5.69 Å². The highest BCUT2D eigenvalue weighted by Gasteiger charge is 2.10. The topological polar surface area (TPSA) is 52.8 Å². The summed E-state index contributed by atoms with van der Waals surface area (Å²) in [5.41, 5.74) is 4.63. The van der Waals surface area contributed by atoms with Crippen LogP contribution in [0.3, 0.4) is 0 Å². The van der Waals surface area contributed by atoms with Gasteiger partial charge in [-0.1, -0.05) is 30.0 Å². The van der Waals surface area contributed by atoms with Crippen molar-refractivity contribution < 1.29 is 4.74 Å². The van der Waals surface area contributed by atoms with Gasteiger partial charge in [-0.3, -0.25) is 0 Å². The van der Waals surface area contributed by atoms with Crippen molar-refractivity contribution in [2.75, 3.05) is 7.11 Å². The second kappa shape index (κ2) is 6.83. The zero-order chi connectivity index (χ0) is 16.2. The molecule has 0 aliphatic heterocycles. The number of aromatic nitrogens is 4. The van der Waals surface area contributed by atoms with Crippen LogP contribution in [0.2, 0.25) is 0 Å². The number of ether oxygens (including phenoxy) is 1. The summed E-state index contributed by atoms with van der Waals surface area (Å²) in [6, 6.07) is 14.2. The number of hydrogen-bond donors (Lipinski definition) is 0. The first-order valence-corrected chi connectivity index (χ1v) is 8.27. The van der Waals surface area contributed by atoms with Gasteiger partial charge in [-0.05, 0) is 65.2 Å². The van der Waals surface area contributed by atoms with Gasteiger partial charge in [-0.25, -0.2) is 0 Å². The molecule has 0 unspecified atom stereocenters. The second-order valence-electron chi connectivity index (χ2n) is 5.28. The number of rotatable bonds is 5. The Morgan fingerprint density at radius 3 is 2.74 bits per heavy atom. The van der Waals surface area contributed by atoms with Crippen molar-refractivity contribution in [3.63, 3.8) is 0 Å². The van der Waals surface area contributed by atoms with Crippen molar-refractivity contribution in [2.24, 2.45) is 0 Å². The molecule has 0 saturated heterocycles. The van der Waals surface area contributed by atoms with Gasteiger partial charge in [0.1, 0.15) is 5.75 Å². The number of benzene rings is 2. The molecule has 0 radical (unpaired) electrons. The quantitative estimate of drug-likeness (QED) is 0.671. The number of nitrogens with zero attached hydrogens (tertiary/aromatic N) is 4. The van der Waals surface area contributed by atoms with Gasteiger partial charge in [0.15, 0.2) is 0 Å². The molecule has 0 aliphatic carbocycles. The first kappa shape index (κ1) is 15.6. The molecule has 118 valence electrons. The van der Waals surface area contributed by atoms with E-state index in [1.54, 1.807) is 23.6 Å². The van der Waals surface area contributed by atoms with E-state index >= 15 is 0 Å². The van der Waals surface area contributed by atoms with Crippen molar-refractivity contribution >= 4 is 11.8 Å². The fourth-order valence-corrected chi connectivity index (χ4v) is 3.03. The number of methoxy groups -OCH3 is 1. The van der Waals surface area contributed by atoms with Crippen LogP contribution in [0.15, 0.2) is 47.6 Å². The van der Waals surface area contributed by atoms with Gasteiger partial charge in [0, 0.05) is 5.75 Å². The maximum Gasteiger partial charge on any atom is 0.214 e. The lowest BCUT2D eigenvalue weighted by Gasteiger charge is -2.07. The summed E-state index contributed by atoms with van der Waals surface area (Å²) in [5.74, 6) is 1.64. The summed E-state index contributed by atoms with van der Waals surface area (Å²) in [5, 5.41) is 12.8. The minimum atomic E-state index is 0.774. The maximum absolute atomic E-state index is 5.25. The first-order chi connectivity index (χ1) is 11.2. The highest BCUT2D eigenvalue weighted by atomic mass is 32.2. The highest BCUT2D eigenvalue weighted by molar-refractivity contribution is 7.98. The van der Waals surface area contributed by atoms with Gasteiger partial charge in [-0.15, -0.1) is 5.10 Å². The summed E-state index contributed by atoms with van der Waals surface area (Å²) < 4.78 is 7.03. The number of hydrogen-bond acceptors (Lipinski definition) is 5. The molecule has 0 spiro atoms. The van der Waals surface area contributed by atoms with E-state index in [0.29, 0.717) is 0 Å². The third-order valence-electron chi connectivity index (χ3n) is 3.68. The molecular weight excluding hydrogens is 308 g/mol. The molecule has 6 heteroatoms. The summed E-state index contributed by atoms with van der Waals surface area (Å²) >= 11 is 1.60. The lowest BCUT2D eigenvalue weighted by Crippen LogP contribution is -2.00. The van der Waals surface area contributed by atoms with Gasteiger partial charge in [0.2, 0.25) is 5.16 Å². The van der Waals surface area contributed by atoms with E-state index in [1.165, 1.54) is 16.7 Å². The third-order valence-corrected chi connectivity index (χ3v) is 4.67. The van der Waals surface area contributed by atoms with Crippen LogP contribution in [0.1, 0.15) is 16.7 Å². The van der Waals surface area contributed by atoms with Gasteiger partial charge >= 0.3 is 0 Å². The summed E-state index contributed by atoms with van der Waals surface area (Å²) in [6.45, 7) is 4.18. The van der Waals surface area contributed by atoms with E-state index in [9.17, 15) is 0 Å². The molecular formula is C17H18N4OS. The normalized spacial score (nSPS) is 10.7. The van der Waals surface area contributed by atoms with Gasteiger partial charge < -0.3 is 4.74 Å². The molecule has 5 nitrogen and oxygen atoms in total. The fourth-order valence-electron chi connectivity index (χ4n) is 2.20. The Morgan fingerprint density at radius 1 is 1.09 bits per heavy atom. The molecule has 0 bridgehead atoms. The number of thioether (sulfide) groups is 1. The monoisotopic (exact) mass is 326 g/mol. The van der Waals surface area contributed by atoms with Crippen LogP contribution < -0.4 is 4.74 Å². The molecule has 0 atom stereocenters. The van der Waals surface area contributed by atoms with E-state index in [2.05, 4.69) is 47.6 Å². The zero-order valence-corrected chi connectivity index (χ0v) is 14.2. The van der Waals surface area contributed by atoms with E-state index in [-0.39, 0.29) is 0 Å².